The Morgan fingerprint density at radius 3 is 2.65 bits per heavy atom. The first-order chi connectivity index (χ1) is 8.09. The lowest BCUT2D eigenvalue weighted by atomic mass is 10.0. The Morgan fingerprint density at radius 1 is 1.29 bits per heavy atom. The number of aryl methyl sites for hydroxylation is 1. The highest BCUT2D eigenvalue weighted by Crippen LogP contribution is 2.27. The number of carbonyl (C=O) groups is 2. The number of para-hydroxylation sites is 1. The quantitative estimate of drug-likeness (QED) is 0.879. The number of carboxylic acid groups (broad SMARTS) is 1. The highest BCUT2D eigenvalue weighted by Gasteiger charge is 2.19. The molecule has 0 aliphatic carbocycles. The first kappa shape index (κ1) is 11.4. The van der Waals surface area contributed by atoms with Gasteiger partial charge in [0.05, 0.1) is 0 Å². The van der Waals surface area contributed by atoms with Gasteiger partial charge in [0.25, 0.3) is 0 Å². The van der Waals surface area contributed by atoms with Crippen molar-refractivity contribution < 1.29 is 19.1 Å². The van der Waals surface area contributed by atoms with Crippen molar-refractivity contribution in [1.82, 2.24) is 0 Å². The minimum absolute atomic E-state index is 0.0339. The smallest absolute Gasteiger partial charge is 0.372 e. The van der Waals surface area contributed by atoms with E-state index in [2.05, 4.69) is 0 Å². The number of carboxylic acids is 1. The van der Waals surface area contributed by atoms with E-state index < -0.39 is 5.97 Å². The fourth-order valence-electron chi connectivity index (χ4n) is 1.82. The van der Waals surface area contributed by atoms with Gasteiger partial charge in [-0.2, -0.15) is 0 Å². The van der Waals surface area contributed by atoms with E-state index in [1.807, 2.05) is 6.07 Å². The van der Waals surface area contributed by atoms with Gasteiger partial charge in [-0.25, -0.2) is 4.79 Å². The van der Waals surface area contributed by atoms with Crippen molar-refractivity contribution in [2.75, 3.05) is 0 Å². The van der Waals surface area contributed by atoms with Gasteiger partial charge in [0.2, 0.25) is 5.76 Å². The molecule has 0 atom stereocenters. The molecule has 0 saturated carbocycles. The molecule has 0 aliphatic rings. The summed E-state index contributed by atoms with van der Waals surface area (Å²) in [5.41, 5.74) is 1.15. The molecule has 0 bridgehead atoms. The molecule has 1 heterocycles. The number of benzene rings is 1. The van der Waals surface area contributed by atoms with Gasteiger partial charge in [0.15, 0.2) is 0 Å². The van der Waals surface area contributed by atoms with Gasteiger partial charge in [0, 0.05) is 17.4 Å². The number of hydrogen-bond donors (Lipinski definition) is 1. The van der Waals surface area contributed by atoms with Crippen LogP contribution in [0.4, 0.5) is 0 Å². The third-order valence-corrected chi connectivity index (χ3v) is 2.62. The van der Waals surface area contributed by atoms with E-state index in [0.717, 1.165) is 5.39 Å². The Bertz CT molecular complexity index is 580. The molecular formula is C13H12O4. The molecule has 1 aromatic heterocycles. The molecule has 0 fully saturated rings. The minimum atomic E-state index is -1.10. The van der Waals surface area contributed by atoms with Gasteiger partial charge < -0.3 is 14.3 Å². The molecule has 17 heavy (non-hydrogen) atoms. The monoisotopic (exact) mass is 232 g/mol. The van der Waals surface area contributed by atoms with Gasteiger partial charge in [-0.3, -0.25) is 0 Å². The molecule has 1 N–H and O–H groups in total. The van der Waals surface area contributed by atoms with Crippen molar-refractivity contribution in [3.8, 4) is 0 Å². The summed E-state index contributed by atoms with van der Waals surface area (Å²) >= 11 is 0. The standard InChI is InChI=1S/C13H12O4/c1-8(14)6-7-10-9-4-2-3-5-11(9)17-12(10)13(15)16/h2-5H,6-7H2,1H3,(H,15,16). The van der Waals surface area contributed by atoms with Crippen molar-refractivity contribution in [1.29, 1.82) is 0 Å². The molecule has 0 radical (unpaired) electrons. The molecule has 0 spiro atoms. The topological polar surface area (TPSA) is 67.5 Å². The molecule has 1 aromatic carbocycles. The number of carbonyl (C=O) groups excluding carboxylic acids is 1. The van der Waals surface area contributed by atoms with Crippen LogP contribution in [0.25, 0.3) is 11.0 Å². The van der Waals surface area contributed by atoms with Gasteiger partial charge in [-0.1, -0.05) is 18.2 Å². The largest absolute Gasteiger partial charge is 0.475 e. The number of ketones is 1. The van der Waals surface area contributed by atoms with E-state index >= 15 is 0 Å². The maximum atomic E-state index is 11.1. The predicted molar refractivity (Wildman–Crippen MR) is 62.2 cm³/mol. The summed E-state index contributed by atoms with van der Waals surface area (Å²) in [6.45, 7) is 1.49. The zero-order valence-corrected chi connectivity index (χ0v) is 9.40. The van der Waals surface area contributed by atoms with Crippen LogP contribution in [0.2, 0.25) is 0 Å². The molecule has 0 amide bonds. The normalized spacial score (nSPS) is 10.6. The Kier molecular flexibility index (Phi) is 2.95. The summed E-state index contributed by atoms with van der Waals surface area (Å²) in [6, 6.07) is 7.13. The zero-order valence-electron chi connectivity index (χ0n) is 9.40. The van der Waals surface area contributed by atoms with Crippen LogP contribution in [0.15, 0.2) is 28.7 Å². The first-order valence-corrected chi connectivity index (χ1v) is 5.32. The Balaban J connectivity index is 2.51. The number of hydrogen-bond acceptors (Lipinski definition) is 3. The molecule has 4 nitrogen and oxygen atoms in total. The van der Waals surface area contributed by atoms with Gasteiger partial charge in [-0.05, 0) is 19.4 Å². The molecule has 88 valence electrons. The van der Waals surface area contributed by atoms with E-state index in [1.54, 1.807) is 18.2 Å². The SMILES string of the molecule is CC(=O)CCc1c(C(=O)O)oc2ccccc12. The van der Waals surface area contributed by atoms with Gasteiger partial charge in [-0.15, -0.1) is 0 Å². The molecule has 4 heteroatoms. The lowest BCUT2D eigenvalue weighted by molar-refractivity contribution is -0.116. The van der Waals surface area contributed by atoms with Crippen molar-refractivity contribution in [2.45, 2.75) is 19.8 Å². The maximum absolute atomic E-state index is 11.1. The summed E-state index contributed by atoms with van der Waals surface area (Å²) in [4.78, 5) is 22.0. The number of fused-ring (bicyclic) bond motifs is 1. The number of aromatic carboxylic acids is 1. The van der Waals surface area contributed by atoms with E-state index in [-0.39, 0.29) is 11.5 Å². The third kappa shape index (κ3) is 2.20. The second-order valence-electron chi connectivity index (χ2n) is 3.91. The summed E-state index contributed by atoms with van der Waals surface area (Å²) in [7, 11) is 0. The van der Waals surface area contributed by atoms with Gasteiger partial charge in [0.1, 0.15) is 11.4 Å². The molecule has 2 aromatic rings. The minimum Gasteiger partial charge on any atom is -0.475 e. The average Bonchev–Trinajstić information content (AvgIpc) is 2.65. The van der Waals surface area contributed by atoms with Crippen molar-refractivity contribution in [3.63, 3.8) is 0 Å². The van der Waals surface area contributed by atoms with Crippen LogP contribution in [0.5, 0.6) is 0 Å². The molecule has 0 saturated heterocycles. The fourth-order valence-corrected chi connectivity index (χ4v) is 1.82. The average molecular weight is 232 g/mol. The number of Topliss-reactive ketones (excluding diaryl/α,β-unsaturated/α-hetero) is 1. The summed E-state index contributed by atoms with van der Waals surface area (Å²) in [5.74, 6) is -1.13. The van der Waals surface area contributed by atoms with Crippen molar-refractivity contribution in [2.24, 2.45) is 0 Å². The van der Waals surface area contributed by atoms with Crippen LogP contribution in [-0.2, 0) is 11.2 Å². The second kappa shape index (κ2) is 4.41. The van der Waals surface area contributed by atoms with Crippen molar-refractivity contribution in [3.05, 3.63) is 35.6 Å². The van der Waals surface area contributed by atoms with E-state index in [9.17, 15) is 9.59 Å². The Morgan fingerprint density at radius 2 is 2.00 bits per heavy atom. The first-order valence-electron chi connectivity index (χ1n) is 5.32. The lowest BCUT2D eigenvalue weighted by Crippen LogP contribution is -2.01. The van der Waals surface area contributed by atoms with Gasteiger partial charge >= 0.3 is 5.97 Å². The number of furan rings is 1. The van der Waals surface area contributed by atoms with Crippen LogP contribution in [0, 0.1) is 0 Å². The summed E-state index contributed by atoms with van der Waals surface area (Å²) in [6.07, 6.45) is 0.720. The predicted octanol–water partition coefficient (Wildman–Crippen LogP) is 2.65. The molecule has 2 rings (SSSR count). The third-order valence-electron chi connectivity index (χ3n) is 2.62. The molecular weight excluding hydrogens is 220 g/mol. The van der Waals surface area contributed by atoms with Crippen molar-refractivity contribution >= 4 is 22.7 Å². The number of rotatable bonds is 4. The van der Waals surface area contributed by atoms with Crippen LogP contribution < -0.4 is 0 Å². The van der Waals surface area contributed by atoms with Crippen LogP contribution in [0.3, 0.4) is 0 Å². The summed E-state index contributed by atoms with van der Waals surface area (Å²) < 4.78 is 5.28. The van der Waals surface area contributed by atoms with Crippen LogP contribution in [0.1, 0.15) is 29.5 Å². The maximum Gasteiger partial charge on any atom is 0.372 e. The Hall–Kier alpha value is -2.10. The zero-order chi connectivity index (χ0) is 12.4. The molecule has 0 unspecified atom stereocenters. The highest BCUT2D eigenvalue weighted by molar-refractivity contribution is 5.95. The summed E-state index contributed by atoms with van der Waals surface area (Å²) in [5, 5.41) is 9.82. The van der Waals surface area contributed by atoms with Crippen LogP contribution >= 0.6 is 0 Å². The second-order valence-corrected chi connectivity index (χ2v) is 3.91. The lowest BCUT2D eigenvalue weighted by Gasteiger charge is -1.97. The van der Waals surface area contributed by atoms with E-state index in [0.29, 0.717) is 24.0 Å². The molecule has 0 aliphatic heterocycles. The van der Waals surface area contributed by atoms with Crippen LogP contribution in [-0.4, -0.2) is 16.9 Å². The Labute approximate surface area is 97.8 Å². The van der Waals surface area contributed by atoms with E-state index in [1.165, 1.54) is 6.92 Å². The van der Waals surface area contributed by atoms with E-state index in [4.69, 9.17) is 9.52 Å². The highest BCUT2D eigenvalue weighted by atomic mass is 16.4. The fraction of sp³-hybridized carbons (Fsp3) is 0.231.